The monoisotopic (exact) mass is 381 g/mol. The van der Waals surface area contributed by atoms with Crippen molar-refractivity contribution in [2.75, 3.05) is 0 Å². The molecular weight excluding hydrogens is 365 g/mol. The first-order chi connectivity index (χ1) is 13.5. The standard InChI is InChI=1S/C22H16F3N2O/c23-22(24,25)19-10-8-16(9-11-19)14-27-12-4-7-18(15-27)21-26-13-20(28-21)17-5-2-1-3-6-17/h1-13,15H,14H2/q+1. The van der Waals surface area contributed by atoms with Gasteiger partial charge in [-0.3, -0.25) is 0 Å². The number of aromatic nitrogens is 2. The first kappa shape index (κ1) is 18.0. The fourth-order valence-electron chi connectivity index (χ4n) is 2.90. The third-order valence-electron chi connectivity index (χ3n) is 4.32. The van der Waals surface area contributed by atoms with E-state index < -0.39 is 11.7 Å². The molecule has 0 saturated heterocycles. The number of benzene rings is 2. The largest absolute Gasteiger partial charge is 0.436 e. The maximum absolute atomic E-state index is 12.7. The van der Waals surface area contributed by atoms with E-state index in [9.17, 15) is 13.2 Å². The van der Waals surface area contributed by atoms with Gasteiger partial charge in [0.2, 0.25) is 5.89 Å². The van der Waals surface area contributed by atoms with Gasteiger partial charge in [-0.25, -0.2) is 4.98 Å². The Morgan fingerprint density at radius 3 is 2.29 bits per heavy atom. The average molecular weight is 381 g/mol. The zero-order chi connectivity index (χ0) is 19.6. The van der Waals surface area contributed by atoms with Crippen molar-refractivity contribution >= 4 is 0 Å². The van der Waals surface area contributed by atoms with Gasteiger partial charge in [0.25, 0.3) is 0 Å². The van der Waals surface area contributed by atoms with Gasteiger partial charge in [0, 0.05) is 17.2 Å². The molecule has 0 radical (unpaired) electrons. The zero-order valence-corrected chi connectivity index (χ0v) is 14.7. The summed E-state index contributed by atoms with van der Waals surface area (Å²) >= 11 is 0. The first-order valence-electron chi connectivity index (χ1n) is 8.66. The van der Waals surface area contributed by atoms with Crippen molar-refractivity contribution in [1.82, 2.24) is 4.98 Å². The van der Waals surface area contributed by atoms with E-state index >= 15 is 0 Å². The number of hydrogen-bond donors (Lipinski definition) is 0. The van der Waals surface area contributed by atoms with Crippen LogP contribution < -0.4 is 4.57 Å². The molecule has 0 N–H and O–H groups in total. The Bertz CT molecular complexity index is 1070. The Morgan fingerprint density at radius 2 is 1.57 bits per heavy atom. The molecule has 6 heteroatoms. The highest BCUT2D eigenvalue weighted by Crippen LogP contribution is 2.29. The number of hydrogen-bond acceptors (Lipinski definition) is 2. The summed E-state index contributed by atoms with van der Waals surface area (Å²) in [4.78, 5) is 4.34. The van der Waals surface area contributed by atoms with Crippen molar-refractivity contribution in [1.29, 1.82) is 0 Å². The predicted molar refractivity (Wildman–Crippen MR) is 98.1 cm³/mol. The van der Waals surface area contributed by atoms with E-state index in [4.69, 9.17) is 4.42 Å². The summed E-state index contributed by atoms with van der Waals surface area (Å²) in [7, 11) is 0. The molecule has 0 saturated carbocycles. The molecule has 2 heterocycles. The van der Waals surface area contributed by atoms with Gasteiger partial charge in [-0.15, -0.1) is 0 Å². The molecule has 0 aliphatic carbocycles. The molecular formula is C22H16F3N2O+. The minimum atomic E-state index is -4.33. The highest BCUT2D eigenvalue weighted by atomic mass is 19.4. The molecule has 0 aliphatic rings. The molecule has 2 aromatic heterocycles. The maximum atomic E-state index is 12.7. The lowest BCUT2D eigenvalue weighted by Gasteiger charge is -2.06. The van der Waals surface area contributed by atoms with Crippen LogP contribution in [-0.4, -0.2) is 4.98 Å². The Hall–Kier alpha value is -3.41. The summed E-state index contributed by atoms with van der Waals surface area (Å²) in [5, 5.41) is 0. The second kappa shape index (κ2) is 7.31. The van der Waals surface area contributed by atoms with Crippen LogP contribution >= 0.6 is 0 Å². The van der Waals surface area contributed by atoms with Gasteiger partial charge in [-0.1, -0.05) is 42.5 Å². The van der Waals surface area contributed by atoms with E-state index in [2.05, 4.69) is 4.98 Å². The van der Waals surface area contributed by atoms with Crippen molar-refractivity contribution < 1.29 is 22.2 Å². The van der Waals surface area contributed by atoms with Gasteiger partial charge in [0.15, 0.2) is 24.7 Å². The topological polar surface area (TPSA) is 29.9 Å². The highest BCUT2D eigenvalue weighted by molar-refractivity contribution is 5.60. The molecule has 2 aromatic carbocycles. The molecule has 0 atom stereocenters. The van der Waals surface area contributed by atoms with Crippen molar-refractivity contribution in [2.45, 2.75) is 12.7 Å². The van der Waals surface area contributed by atoms with Crippen molar-refractivity contribution in [3.05, 3.63) is 96.4 Å². The number of alkyl halides is 3. The van der Waals surface area contributed by atoms with Crippen LogP contribution in [0.2, 0.25) is 0 Å². The fraction of sp³-hybridized carbons (Fsp3) is 0.0909. The third-order valence-corrected chi connectivity index (χ3v) is 4.32. The van der Waals surface area contributed by atoms with Crippen LogP contribution in [-0.2, 0) is 12.7 Å². The van der Waals surface area contributed by atoms with Gasteiger partial charge >= 0.3 is 6.18 Å². The Kier molecular flexibility index (Phi) is 4.69. The molecule has 0 spiro atoms. The summed E-state index contributed by atoms with van der Waals surface area (Å²) in [6.45, 7) is 0.443. The SMILES string of the molecule is FC(F)(F)c1ccc(C[n+]2cccc(-c3ncc(-c4ccccc4)o3)c2)cc1. The molecule has 0 unspecified atom stereocenters. The number of nitrogens with zero attached hydrogens (tertiary/aromatic N) is 2. The van der Waals surface area contributed by atoms with Gasteiger partial charge < -0.3 is 4.42 Å². The Balaban J connectivity index is 1.54. The fourth-order valence-corrected chi connectivity index (χ4v) is 2.90. The van der Waals surface area contributed by atoms with Crippen LogP contribution in [0.25, 0.3) is 22.8 Å². The predicted octanol–water partition coefficient (Wildman–Crippen LogP) is 5.36. The lowest BCUT2D eigenvalue weighted by molar-refractivity contribution is -0.687. The summed E-state index contributed by atoms with van der Waals surface area (Å²) in [6.07, 6.45) is 1.06. The average Bonchev–Trinajstić information content (AvgIpc) is 3.19. The van der Waals surface area contributed by atoms with Gasteiger partial charge in [0.1, 0.15) is 5.56 Å². The number of halogens is 3. The smallest absolute Gasteiger partial charge is 0.416 e. The summed E-state index contributed by atoms with van der Waals surface area (Å²) in [6, 6.07) is 18.6. The van der Waals surface area contributed by atoms with Crippen LogP contribution in [0.3, 0.4) is 0 Å². The quantitative estimate of drug-likeness (QED) is 0.445. The second-order valence-electron chi connectivity index (χ2n) is 6.36. The van der Waals surface area contributed by atoms with Crippen LogP contribution in [0.1, 0.15) is 11.1 Å². The van der Waals surface area contributed by atoms with Gasteiger partial charge in [-0.2, -0.15) is 17.7 Å². The molecule has 28 heavy (non-hydrogen) atoms. The molecule has 0 amide bonds. The minimum Gasteiger partial charge on any atom is -0.436 e. The van der Waals surface area contributed by atoms with E-state index in [0.29, 0.717) is 18.2 Å². The van der Waals surface area contributed by atoms with Crippen LogP contribution in [0, 0.1) is 0 Å². The lowest BCUT2D eigenvalue weighted by atomic mass is 10.1. The zero-order valence-electron chi connectivity index (χ0n) is 14.7. The molecule has 0 aliphatic heterocycles. The molecule has 4 aromatic rings. The molecule has 4 rings (SSSR count). The van der Waals surface area contributed by atoms with Crippen LogP contribution in [0.4, 0.5) is 13.2 Å². The van der Waals surface area contributed by atoms with E-state index in [1.807, 2.05) is 59.4 Å². The van der Waals surface area contributed by atoms with Crippen molar-refractivity contribution in [3.63, 3.8) is 0 Å². The van der Waals surface area contributed by atoms with Crippen molar-refractivity contribution in [3.8, 4) is 22.8 Å². The van der Waals surface area contributed by atoms with Gasteiger partial charge in [0.05, 0.1) is 11.8 Å². The minimum absolute atomic E-state index is 0.443. The summed E-state index contributed by atoms with van der Waals surface area (Å²) in [5.41, 5.74) is 1.85. The first-order valence-corrected chi connectivity index (χ1v) is 8.66. The lowest BCUT2D eigenvalue weighted by Crippen LogP contribution is -2.33. The van der Waals surface area contributed by atoms with E-state index in [1.165, 1.54) is 12.1 Å². The third kappa shape index (κ3) is 3.96. The summed E-state index contributed by atoms with van der Waals surface area (Å²) in [5.74, 6) is 1.16. The maximum Gasteiger partial charge on any atom is 0.416 e. The number of rotatable bonds is 4. The molecule has 140 valence electrons. The van der Waals surface area contributed by atoms with E-state index in [-0.39, 0.29) is 0 Å². The van der Waals surface area contributed by atoms with E-state index in [1.54, 1.807) is 6.20 Å². The number of oxazole rings is 1. The molecule has 0 bridgehead atoms. The van der Waals surface area contributed by atoms with Crippen molar-refractivity contribution in [2.24, 2.45) is 0 Å². The summed E-state index contributed by atoms with van der Waals surface area (Å²) < 4.78 is 45.8. The van der Waals surface area contributed by atoms with Crippen LogP contribution in [0.5, 0.6) is 0 Å². The van der Waals surface area contributed by atoms with Crippen LogP contribution in [0.15, 0.2) is 89.7 Å². The van der Waals surface area contributed by atoms with Gasteiger partial charge in [-0.05, 0) is 18.2 Å². The normalized spacial score (nSPS) is 11.5. The van der Waals surface area contributed by atoms with E-state index in [0.717, 1.165) is 28.8 Å². The molecule has 3 nitrogen and oxygen atoms in total. The highest BCUT2D eigenvalue weighted by Gasteiger charge is 2.30. The Labute approximate surface area is 159 Å². The Morgan fingerprint density at radius 1 is 0.857 bits per heavy atom. The number of pyridine rings is 1. The second-order valence-corrected chi connectivity index (χ2v) is 6.36. The molecule has 0 fully saturated rings.